The zero-order chi connectivity index (χ0) is 43.5. The summed E-state index contributed by atoms with van der Waals surface area (Å²) in [7, 11) is -9.75. The summed E-state index contributed by atoms with van der Waals surface area (Å²) >= 11 is 0. The summed E-state index contributed by atoms with van der Waals surface area (Å²) in [5, 5.41) is 29.7. The van der Waals surface area contributed by atoms with Crippen LogP contribution in [-0.2, 0) is 41.8 Å². The lowest BCUT2D eigenvalue weighted by Crippen LogP contribution is -2.29. The number of hydrogen-bond acceptors (Lipinski definition) is 12. The van der Waals surface area contributed by atoms with Crippen molar-refractivity contribution in [1.82, 2.24) is 0 Å². The maximum absolute atomic E-state index is 12.6. The monoisotopic (exact) mass is 864 g/mol. The summed E-state index contributed by atoms with van der Waals surface area (Å²) in [6, 6.07) is 0. The molecule has 0 heterocycles. The van der Waals surface area contributed by atoms with Crippen LogP contribution in [0, 0.1) is 5.92 Å². The van der Waals surface area contributed by atoms with Crippen molar-refractivity contribution in [2.45, 2.75) is 141 Å². The van der Waals surface area contributed by atoms with Crippen LogP contribution in [0.15, 0.2) is 72.9 Å². The van der Waals surface area contributed by atoms with E-state index in [9.17, 15) is 38.9 Å². The lowest BCUT2D eigenvalue weighted by Gasteiger charge is -2.20. The summed E-state index contributed by atoms with van der Waals surface area (Å²) in [5.74, 6) is -0.520. The third kappa shape index (κ3) is 39.0. The number of carbonyl (C=O) groups is 2. The Balaban J connectivity index is 4.82. The molecule has 0 aromatic carbocycles. The van der Waals surface area contributed by atoms with Gasteiger partial charge in [-0.1, -0.05) is 139 Å². The molecule has 334 valence electrons. The number of allylic oxidation sites excluding steroid dienone is 8. The van der Waals surface area contributed by atoms with E-state index < -0.39 is 78.4 Å². The van der Waals surface area contributed by atoms with E-state index in [4.69, 9.17) is 23.8 Å². The van der Waals surface area contributed by atoms with Gasteiger partial charge in [0.25, 0.3) is 0 Å². The average molecular weight is 865 g/mol. The molecule has 0 bridgehead atoms. The first-order chi connectivity index (χ1) is 27.5. The minimum absolute atomic E-state index is 0.0580. The van der Waals surface area contributed by atoms with Crippen molar-refractivity contribution in [1.29, 1.82) is 0 Å². The summed E-state index contributed by atoms with van der Waals surface area (Å²) < 4.78 is 47.5. The highest BCUT2D eigenvalue weighted by Crippen LogP contribution is 2.43. The van der Waals surface area contributed by atoms with Crippen LogP contribution in [0.2, 0.25) is 0 Å². The SMILES string of the molecule is CC/C=C\C[C@H](O)/C=C/C=C\C/C=C\C=C\[C@H](O)/C=C\CCCC(=O)O[C@H](COC(=O)CCCCCCCCCC(C)C)COP(=O)(O)OC[C@@H](O)COP(=O)(O)O. The zero-order valence-electron chi connectivity index (χ0n) is 34.5. The molecule has 17 heteroatoms. The number of hydrogen-bond donors (Lipinski definition) is 6. The topological polar surface area (TPSA) is 236 Å². The third-order valence-corrected chi connectivity index (χ3v) is 9.39. The summed E-state index contributed by atoms with van der Waals surface area (Å²) in [6.07, 6.45) is 28.7. The maximum atomic E-state index is 12.6. The van der Waals surface area contributed by atoms with Gasteiger partial charge in [0.15, 0.2) is 6.10 Å². The fraction of sp³-hybridized carbons (Fsp3) is 0.659. The molecule has 5 atom stereocenters. The Labute approximate surface area is 345 Å². The molecule has 1 unspecified atom stereocenters. The first-order valence-electron chi connectivity index (χ1n) is 20.2. The number of phosphoric acid groups is 2. The predicted octanol–water partition coefficient (Wildman–Crippen LogP) is 7.63. The van der Waals surface area contributed by atoms with Crippen LogP contribution in [0.1, 0.15) is 117 Å². The molecular formula is C41H70O15P2. The molecule has 0 aliphatic carbocycles. The first kappa shape index (κ1) is 55.5. The van der Waals surface area contributed by atoms with Crippen LogP contribution in [0.25, 0.3) is 0 Å². The van der Waals surface area contributed by atoms with E-state index >= 15 is 0 Å². The molecule has 0 radical (unpaired) electrons. The quantitative estimate of drug-likeness (QED) is 0.0117. The number of unbranched alkanes of at least 4 members (excludes halogenated alkanes) is 7. The zero-order valence-corrected chi connectivity index (χ0v) is 36.3. The minimum atomic E-state index is -4.89. The molecule has 0 aromatic heterocycles. The predicted molar refractivity (Wildman–Crippen MR) is 223 cm³/mol. The Morgan fingerprint density at radius 2 is 1.24 bits per heavy atom. The van der Waals surface area contributed by atoms with Crippen LogP contribution in [0.4, 0.5) is 0 Å². The fourth-order valence-electron chi connectivity index (χ4n) is 4.86. The Morgan fingerprint density at radius 3 is 1.90 bits per heavy atom. The van der Waals surface area contributed by atoms with E-state index in [-0.39, 0.29) is 12.8 Å². The van der Waals surface area contributed by atoms with Gasteiger partial charge in [0, 0.05) is 12.8 Å². The summed E-state index contributed by atoms with van der Waals surface area (Å²) in [5.41, 5.74) is 0. The van der Waals surface area contributed by atoms with Crippen molar-refractivity contribution in [2.75, 3.05) is 26.4 Å². The molecule has 0 rings (SSSR count). The van der Waals surface area contributed by atoms with E-state index in [0.717, 1.165) is 32.1 Å². The third-order valence-electron chi connectivity index (χ3n) is 7.95. The molecule has 58 heavy (non-hydrogen) atoms. The molecule has 0 aliphatic rings. The number of phosphoric ester groups is 2. The fourth-order valence-corrected chi connectivity index (χ4v) is 6.01. The Bertz CT molecular complexity index is 1350. The van der Waals surface area contributed by atoms with Gasteiger partial charge in [-0.15, -0.1) is 0 Å². The van der Waals surface area contributed by atoms with Crippen molar-refractivity contribution < 1.29 is 71.8 Å². The van der Waals surface area contributed by atoms with Gasteiger partial charge >= 0.3 is 27.6 Å². The molecule has 0 saturated heterocycles. The smallest absolute Gasteiger partial charge is 0.462 e. The second kappa shape index (κ2) is 35.3. The normalized spacial score (nSPS) is 16.0. The number of esters is 2. The maximum Gasteiger partial charge on any atom is 0.472 e. The van der Waals surface area contributed by atoms with Gasteiger partial charge in [-0.05, 0) is 44.4 Å². The summed E-state index contributed by atoms with van der Waals surface area (Å²) in [4.78, 5) is 52.5. The van der Waals surface area contributed by atoms with Crippen LogP contribution >= 0.6 is 15.6 Å². The van der Waals surface area contributed by atoms with Crippen molar-refractivity contribution in [3.05, 3.63) is 72.9 Å². The van der Waals surface area contributed by atoms with Gasteiger partial charge in [-0.25, -0.2) is 9.13 Å². The van der Waals surface area contributed by atoms with E-state index in [2.05, 4.69) is 22.9 Å². The van der Waals surface area contributed by atoms with Crippen LogP contribution in [0.3, 0.4) is 0 Å². The summed E-state index contributed by atoms with van der Waals surface area (Å²) in [6.45, 7) is 3.54. The Kier molecular flexibility index (Phi) is 33.7. The van der Waals surface area contributed by atoms with Crippen LogP contribution < -0.4 is 0 Å². The number of aliphatic hydroxyl groups excluding tert-OH is 3. The molecule has 0 aromatic rings. The molecule has 15 nitrogen and oxygen atoms in total. The first-order valence-corrected chi connectivity index (χ1v) is 23.2. The highest BCUT2D eigenvalue weighted by atomic mass is 31.2. The van der Waals surface area contributed by atoms with E-state index in [1.165, 1.54) is 19.3 Å². The highest BCUT2D eigenvalue weighted by molar-refractivity contribution is 7.47. The van der Waals surface area contributed by atoms with Crippen molar-refractivity contribution in [3.8, 4) is 0 Å². The molecule has 0 saturated carbocycles. The molecule has 0 aliphatic heterocycles. The second-order valence-corrected chi connectivity index (χ2v) is 16.8. The molecule has 6 N–H and O–H groups in total. The minimum Gasteiger partial charge on any atom is -0.462 e. The van der Waals surface area contributed by atoms with Crippen molar-refractivity contribution in [2.24, 2.45) is 5.92 Å². The van der Waals surface area contributed by atoms with Gasteiger partial charge < -0.3 is 39.5 Å². The molecule has 0 fully saturated rings. The van der Waals surface area contributed by atoms with Gasteiger partial charge in [0.05, 0.1) is 32.0 Å². The average Bonchev–Trinajstić information content (AvgIpc) is 3.15. The van der Waals surface area contributed by atoms with Gasteiger partial charge in [-0.2, -0.15) is 0 Å². The lowest BCUT2D eigenvalue weighted by molar-refractivity contribution is -0.161. The second-order valence-electron chi connectivity index (χ2n) is 14.1. The van der Waals surface area contributed by atoms with Crippen molar-refractivity contribution >= 4 is 27.6 Å². The van der Waals surface area contributed by atoms with Gasteiger partial charge in [-0.3, -0.25) is 23.2 Å². The molecule has 0 spiro atoms. The van der Waals surface area contributed by atoms with Crippen LogP contribution in [-0.4, -0.2) is 92.8 Å². The Morgan fingerprint density at radius 1 is 0.638 bits per heavy atom. The van der Waals surface area contributed by atoms with E-state index in [1.807, 2.05) is 37.3 Å². The number of aliphatic hydroxyl groups is 3. The largest absolute Gasteiger partial charge is 0.472 e. The van der Waals surface area contributed by atoms with Gasteiger partial charge in [0.2, 0.25) is 0 Å². The highest BCUT2D eigenvalue weighted by Gasteiger charge is 2.28. The molecular weight excluding hydrogens is 794 g/mol. The number of rotatable bonds is 36. The lowest BCUT2D eigenvalue weighted by atomic mass is 10.0. The standard InChI is InChI=1S/C41H70O15P2/c1-4-5-17-25-36(42)26-19-13-9-7-10-14-20-27-37(43)28-21-16-23-30-41(46)56-39(34-55-58(50,51)54-32-38(44)31-53-57(47,48)49)33-52-40(45)29-22-15-11-6-8-12-18-24-35(2)3/h5,9-10,13-14,17,19-21,26-28,35-39,42-44H,4,6-8,11-12,15-16,18,22-25,29-34H2,1-3H3,(H,50,51)(H2,47,48,49)/b13-9-,14-10-,17-5-,26-19+,27-20+,28-21-/t36-,37-,38-,39+/m0/s1. The van der Waals surface area contributed by atoms with Crippen molar-refractivity contribution in [3.63, 3.8) is 0 Å². The van der Waals surface area contributed by atoms with Crippen LogP contribution in [0.5, 0.6) is 0 Å². The molecule has 0 amide bonds. The van der Waals surface area contributed by atoms with E-state index in [1.54, 1.807) is 42.5 Å². The van der Waals surface area contributed by atoms with E-state index in [0.29, 0.717) is 38.0 Å². The number of carbonyl (C=O) groups excluding carboxylic acids is 2. The number of ether oxygens (including phenoxy) is 2. The Hall–Kier alpha value is -2.52. The van der Waals surface area contributed by atoms with Gasteiger partial charge in [0.1, 0.15) is 12.7 Å².